The first-order chi connectivity index (χ1) is 16.6. The molecule has 0 aliphatic heterocycles. The van der Waals surface area contributed by atoms with Crippen LogP contribution in [0.1, 0.15) is 70.0 Å². The Morgan fingerprint density at radius 1 is 1.11 bits per heavy atom. The Morgan fingerprint density at radius 3 is 2.40 bits per heavy atom. The minimum absolute atomic E-state index is 0.0155. The highest BCUT2D eigenvalue weighted by molar-refractivity contribution is 6.32. The fraction of sp³-hybridized carbons (Fsp3) is 0.483. The molecular formula is C29H39ClN2O3. The monoisotopic (exact) mass is 498 g/mol. The molecule has 0 spiro atoms. The second-order valence-electron chi connectivity index (χ2n) is 10.4. The lowest BCUT2D eigenvalue weighted by atomic mass is 9.88. The summed E-state index contributed by atoms with van der Waals surface area (Å²) in [6, 6.07) is 13.9. The first-order valence-electron chi connectivity index (χ1n) is 12.5. The van der Waals surface area contributed by atoms with Crippen molar-refractivity contribution in [3.05, 3.63) is 70.6 Å². The van der Waals surface area contributed by atoms with Gasteiger partial charge in [0.15, 0.2) is 0 Å². The van der Waals surface area contributed by atoms with Crippen molar-refractivity contribution in [2.75, 3.05) is 13.2 Å². The third-order valence-corrected chi connectivity index (χ3v) is 6.51. The van der Waals surface area contributed by atoms with Crippen molar-refractivity contribution < 1.29 is 14.9 Å². The van der Waals surface area contributed by atoms with Crippen LogP contribution < -0.4 is 4.74 Å². The van der Waals surface area contributed by atoms with Gasteiger partial charge in [0, 0.05) is 30.8 Å². The highest BCUT2D eigenvalue weighted by atomic mass is 35.5. The number of aromatic nitrogens is 2. The molecule has 35 heavy (non-hydrogen) atoms. The van der Waals surface area contributed by atoms with Crippen LogP contribution in [0.15, 0.2) is 48.7 Å². The largest absolute Gasteiger partial charge is 0.492 e. The highest BCUT2D eigenvalue weighted by Crippen LogP contribution is 2.32. The number of hydrogen-bond donors (Lipinski definition) is 2. The number of aliphatic hydroxyl groups is 2. The van der Waals surface area contributed by atoms with Gasteiger partial charge in [-0.05, 0) is 54.9 Å². The second-order valence-corrected chi connectivity index (χ2v) is 10.8. The van der Waals surface area contributed by atoms with Crippen LogP contribution in [0, 0.1) is 5.92 Å². The Bertz CT molecular complexity index is 1090. The van der Waals surface area contributed by atoms with Gasteiger partial charge in [-0.25, -0.2) is 4.98 Å². The molecule has 0 bridgehead atoms. The predicted octanol–water partition coefficient (Wildman–Crippen LogP) is 6.49. The lowest BCUT2D eigenvalue weighted by molar-refractivity contribution is 0.132. The van der Waals surface area contributed by atoms with Crippen molar-refractivity contribution >= 4 is 11.6 Å². The van der Waals surface area contributed by atoms with E-state index in [1.54, 1.807) is 6.07 Å². The summed E-state index contributed by atoms with van der Waals surface area (Å²) in [5, 5.41) is 21.0. The summed E-state index contributed by atoms with van der Waals surface area (Å²) in [7, 11) is 2.04. The molecule has 3 rings (SSSR count). The number of hydrogen-bond acceptors (Lipinski definition) is 4. The molecule has 3 aromatic rings. The van der Waals surface area contributed by atoms with Crippen LogP contribution in [0.3, 0.4) is 0 Å². The standard InChI is InChI=1S/C29H39ClN2O3/c1-6-15-35-27-12-11-23(18-24(27)30)26(34)17-21(13-14-33)16-20-7-9-22(10-8-20)25-19-32(5)28(31-25)29(2,3)4/h7-12,18-19,21,26,33-34H,6,13-17H2,1-5H3/t21-,26?/m1/s1. The number of imidazole rings is 1. The van der Waals surface area contributed by atoms with E-state index >= 15 is 0 Å². The van der Waals surface area contributed by atoms with E-state index in [4.69, 9.17) is 21.3 Å². The van der Waals surface area contributed by atoms with Crippen molar-refractivity contribution in [1.82, 2.24) is 9.55 Å². The topological polar surface area (TPSA) is 67.5 Å². The Kier molecular flexibility index (Phi) is 9.40. The molecule has 0 saturated heterocycles. The molecule has 6 heteroatoms. The quantitative estimate of drug-likeness (QED) is 0.317. The first kappa shape index (κ1) is 27.3. The number of benzene rings is 2. The molecule has 0 saturated carbocycles. The third kappa shape index (κ3) is 7.33. The van der Waals surface area contributed by atoms with Crippen LogP contribution in [-0.4, -0.2) is 33.0 Å². The molecule has 190 valence electrons. The van der Waals surface area contributed by atoms with Gasteiger partial charge in [0.2, 0.25) is 0 Å². The number of aliphatic hydroxyl groups excluding tert-OH is 2. The summed E-state index contributed by atoms with van der Waals surface area (Å²) in [5.41, 5.74) is 3.97. The molecule has 1 heterocycles. The number of rotatable bonds is 11. The van der Waals surface area contributed by atoms with Gasteiger partial charge < -0.3 is 19.5 Å². The van der Waals surface area contributed by atoms with Crippen molar-refractivity contribution in [3.63, 3.8) is 0 Å². The fourth-order valence-corrected chi connectivity index (χ4v) is 4.68. The Hall–Kier alpha value is -2.34. The molecule has 0 amide bonds. The second kappa shape index (κ2) is 12.1. The molecule has 1 unspecified atom stereocenters. The van der Waals surface area contributed by atoms with E-state index in [1.807, 2.05) is 26.1 Å². The Morgan fingerprint density at radius 2 is 1.83 bits per heavy atom. The highest BCUT2D eigenvalue weighted by Gasteiger charge is 2.21. The SMILES string of the molecule is CCCOc1ccc(C(O)C[C@H](CCO)Cc2ccc(-c3cn(C)c(C(C)(C)C)n3)cc2)cc1Cl. The van der Waals surface area contributed by atoms with Gasteiger partial charge in [-0.15, -0.1) is 0 Å². The average molecular weight is 499 g/mol. The number of nitrogens with zero attached hydrogens (tertiary/aromatic N) is 2. The van der Waals surface area contributed by atoms with Crippen molar-refractivity contribution in [3.8, 4) is 17.0 Å². The maximum absolute atomic E-state index is 10.9. The van der Waals surface area contributed by atoms with E-state index in [9.17, 15) is 10.2 Å². The minimum Gasteiger partial charge on any atom is -0.492 e. The van der Waals surface area contributed by atoms with E-state index in [0.29, 0.717) is 30.2 Å². The van der Waals surface area contributed by atoms with Crippen LogP contribution in [-0.2, 0) is 18.9 Å². The van der Waals surface area contributed by atoms with Crippen molar-refractivity contribution in [2.45, 2.75) is 64.9 Å². The molecule has 2 N–H and O–H groups in total. The van der Waals surface area contributed by atoms with E-state index in [1.165, 1.54) is 5.56 Å². The van der Waals surface area contributed by atoms with E-state index < -0.39 is 6.10 Å². The molecule has 1 aromatic heterocycles. The van der Waals surface area contributed by atoms with Gasteiger partial charge in [-0.3, -0.25) is 0 Å². The normalized spacial score (nSPS) is 13.6. The van der Waals surface area contributed by atoms with E-state index in [0.717, 1.165) is 35.5 Å². The van der Waals surface area contributed by atoms with Gasteiger partial charge in [0.1, 0.15) is 11.6 Å². The molecule has 5 nitrogen and oxygen atoms in total. The summed E-state index contributed by atoms with van der Waals surface area (Å²) in [6.45, 7) is 9.24. The summed E-state index contributed by atoms with van der Waals surface area (Å²) in [5.74, 6) is 1.83. The lowest BCUT2D eigenvalue weighted by Gasteiger charge is -2.21. The zero-order valence-electron chi connectivity index (χ0n) is 21.6. The maximum atomic E-state index is 10.9. The average Bonchev–Trinajstić information content (AvgIpc) is 3.21. The van der Waals surface area contributed by atoms with E-state index in [-0.39, 0.29) is 17.9 Å². The summed E-state index contributed by atoms with van der Waals surface area (Å²) >= 11 is 6.36. The van der Waals surface area contributed by atoms with Crippen LogP contribution in [0.4, 0.5) is 0 Å². The molecule has 2 aromatic carbocycles. The smallest absolute Gasteiger partial charge is 0.137 e. The zero-order chi connectivity index (χ0) is 25.6. The molecule has 0 radical (unpaired) electrons. The fourth-order valence-electron chi connectivity index (χ4n) is 4.44. The summed E-state index contributed by atoms with van der Waals surface area (Å²) < 4.78 is 7.73. The van der Waals surface area contributed by atoms with Crippen LogP contribution in [0.25, 0.3) is 11.3 Å². The summed E-state index contributed by atoms with van der Waals surface area (Å²) in [6.07, 6.45) is 4.27. The van der Waals surface area contributed by atoms with Crippen molar-refractivity contribution in [1.29, 1.82) is 0 Å². The van der Waals surface area contributed by atoms with Crippen LogP contribution in [0.2, 0.25) is 5.02 Å². The molecule has 0 aliphatic rings. The van der Waals surface area contributed by atoms with E-state index in [2.05, 4.69) is 55.8 Å². The summed E-state index contributed by atoms with van der Waals surface area (Å²) in [4.78, 5) is 4.85. The van der Waals surface area contributed by atoms with Gasteiger partial charge in [0.05, 0.1) is 23.4 Å². The van der Waals surface area contributed by atoms with Gasteiger partial charge >= 0.3 is 0 Å². The van der Waals surface area contributed by atoms with Gasteiger partial charge in [0.25, 0.3) is 0 Å². The van der Waals surface area contributed by atoms with Gasteiger partial charge in [-0.2, -0.15) is 0 Å². The minimum atomic E-state index is -0.659. The molecule has 0 aliphatic carbocycles. The molecule has 2 atom stereocenters. The van der Waals surface area contributed by atoms with Gasteiger partial charge in [-0.1, -0.05) is 69.6 Å². The lowest BCUT2D eigenvalue weighted by Crippen LogP contribution is -2.17. The van der Waals surface area contributed by atoms with Crippen molar-refractivity contribution in [2.24, 2.45) is 13.0 Å². The third-order valence-electron chi connectivity index (χ3n) is 6.22. The Labute approximate surface area is 214 Å². The predicted molar refractivity (Wildman–Crippen MR) is 143 cm³/mol. The number of ether oxygens (including phenoxy) is 1. The zero-order valence-corrected chi connectivity index (χ0v) is 22.3. The Balaban J connectivity index is 1.68. The molecule has 0 fully saturated rings. The first-order valence-corrected chi connectivity index (χ1v) is 12.8. The number of aryl methyl sites for hydroxylation is 1. The van der Waals surface area contributed by atoms with Crippen LogP contribution >= 0.6 is 11.6 Å². The maximum Gasteiger partial charge on any atom is 0.137 e. The van der Waals surface area contributed by atoms with Crippen LogP contribution in [0.5, 0.6) is 5.75 Å². The molecular weight excluding hydrogens is 460 g/mol. The number of halogens is 1.